The molecule has 1 aromatic heterocycles. The second-order valence-electron chi connectivity index (χ2n) is 6.98. The highest BCUT2D eigenvalue weighted by molar-refractivity contribution is 5.30. The van der Waals surface area contributed by atoms with E-state index in [9.17, 15) is 8.78 Å². The topological polar surface area (TPSA) is 41.5 Å². The van der Waals surface area contributed by atoms with Crippen LogP contribution in [0.15, 0.2) is 36.5 Å². The van der Waals surface area contributed by atoms with E-state index in [-0.39, 0.29) is 5.82 Å². The summed E-state index contributed by atoms with van der Waals surface area (Å²) in [5.41, 5.74) is 0. The highest BCUT2D eigenvalue weighted by Crippen LogP contribution is 2.27. The molecule has 2 atom stereocenters. The molecule has 0 unspecified atom stereocenters. The van der Waals surface area contributed by atoms with Gasteiger partial charge < -0.3 is 9.64 Å². The fourth-order valence-corrected chi connectivity index (χ4v) is 3.80. The molecule has 2 aliphatic rings. The Labute approximate surface area is 151 Å². The molecule has 7 heteroatoms. The summed E-state index contributed by atoms with van der Waals surface area (Å²) in [6, 6.07) is 7.88. The number of halogens is 2. The lowest BCUT2D eigenvalue weighted by Gasteiger charge is -2.46. The average molecular weight is 360 g/mol. The van der Waals surface area contributed by atoms with Crippen molar-refractivity contribution in [3.63, 3.8) is 0 Å². The minimum atomic E-state index is -0.487. The minimum Gasteiger partial charge on any atom is -0.493 e. The van der Waals surface area contributed by atoms with Gasteiger partial charge in [0, 0.05) is 50.4 Å². The molecule has 0 saturated carbocycles. The lowest BCUT2D eigenvalue weighted by molar-refractivity contribution is 0.0725. The van der Waals surface area contributed by atoms with Crippen LogP contribution in [-0.2, 0) is 0 Å². The fourth-order valence-electron chi connectivity index (χ4n) is 3.80. The molecule has 0 bridgehead atoms. The van der Waals surface area contributed by atoms with Gasteiger partial charge in [0.25, 0.3) is 0 Å². The number of anilines is 1. The largest absolute Gasteiger partial charge is 0.493 e. The van der Waals surface area contributed by atoms with Gasteiger partial charge in [-0.3, -0.25) is 4.90 Å². The van der Waals surface area contributed by atoms with Crippen molar-refractivity contribution in [2.45, 2.75) is 18.9 Å². The Morgan fingerprint density at radius 1 is 1.04 bits per heavy atom. The Balaban J connectivity index is 1.30. The highest BCUT2D eigenvalue weighted by Gasteiger charge is 2.33. The Bertz CT molecular complexity index is 743. The zero-order chi connectivity index (χ0) is 17.9. The lowest BCUT2D eigenvalue weighted by Crippen LogP contribution is -2.57. The molecule has 0 amide bonds. The Morgan fingerprint density at radius 3 is 2.69 bits per heavy atom. The van der Waals surface area contributed by atoms with Crippen LogP contribution in [0.5, 0.6) is 5.75 Å². The first-order chi connectivity index (χ1) is 12.7. The maximum Gasteiger partial charge on any atom is 0.228 e. The summed E-state index contributed by atoms with van der Waals surface area (Å²) in [5, 5.41) is 0. The Hall–Kier alpha value is -2.28. The van der Waals surface area contributed by atoms with Gasteiger partial charge in [-0.25, -0.2) is 9.37 Å². The predicted octanol–water partition coefficient (Wildman–Crippen LogP) is 2.73. The van der Waals surface area contributed by atoms with E-state index in [1.165, 1.54) is 24.4 Å². The van der Waals surface area contributed by atoms with Crippen molar-refractivity contribution in [3.8, 4) is 5.75 Å². The van der Waals surface area contributed by atoms with Crippen molar-refractivity contribution in [1.29, 1.82) is 0 Å². The van der Waals surface area contributed by atoms with Crippen LogP contribution in [0.4, 0.5) is 14.7 Å². The van der Waals surface area contributed by atoms with E-state index >= 15 is 0 Å². The summed E-state index contributed by atoms with van der Waals surface area (Å²) >= 11 is 0. The van der Waals surface area contributed by atoms with Crippen LogP contribution >= 0.6 is 0 Å². The van der Waals surface area contributed by atoms with Gasteiger partial charge in [0.2, 0.25) is 11.9 Å². The smallest absolute Gasteiger partial charge is 0.228 e. The number of benzene rings is 1. The van der Waals surface area contributed by atoms with E-state index in [0.717, 1.165) is 39.0 Å². The van der Waals surface area contributed by atoms with Gasteiger partial charge in [0.1, 0.15) is 11.6 Å². The zero-order valence-electron chi connectivity index (χ0n) is 14.5. The Morgan fingerprint density at radius 2 is 1.88 bits per heavy atom. The van der Waals surface area contributed by atoms with Crippen molar-refractivity contribution >= 4 is 5.95 Å². The fraction of sp³-hybridized carbons (Fsp3) is 0.474. The molecule has 2 fully saturated rings. The first-order valence-electron chi connectivity index (χ1n) is 9.03. The number of piperidine rings is 1. The molecule has 0 aliphatic carbocycles. The summed E-state index contributed by atoms with van der Waals surface area (Å²) in [6.07, 6.45) is 3.62. The molecular weight excluding hydrogens is 338 g/mol. The second-order valence-corrected chi connectivity index (χ2v) is 6.98. The van der Waals surface area contributed by atoms with Crippen LogP contribution in [0.2, 0.25) is 0 Å². The molecule has 0 radical (unpaired) electrons. The zero-order valence-corrected chi connectivity index (χ0v) is 14.5. The molecule has 4 rings (SSSR count). The number of piperazine rings is 1. The molecule has 26 heavy (non-hydrogen) atoms. The van der Waals surface area contributed by atoms with E-state index < -0.39 is 5.95 Å². The van der Waals surface area contributed by atoms with Crippen LogP contribution in [0.3, 0.4) is 0 Å². The van der Waals surface area contributed by atoms with Gasteiger partial charge in [-0.1, -0.05) is 0 Å². The van der Waals surface area contributed by atoms with E-state index in [1.807, 2.05) is 0 Å². The molecule has 1 aromatic carbocycles. The molecule has 2 aromatic rings. The molecule has 3 heterocycles. The van der Waals surface area contributed by atoms with Crippen molar-refractivity contribution < 1.29 is 13.5 Å². The normalized spacial score (nSPS) is 23.5. The van der Waals surface area contributed by atoms with Gasteiger partial charge in [0.05, 0.1) is 6.61 Å². The van der Waals surface area contributed by atoms with Crippen molar-refractivity contribution in [2.75, 3.05) is 37.7 Å². The lowest BCUT2D eigenvalue weighted by atomic mass is 9.91. The summed E-state index contributed by atoms with van der Waals surface area (Å²) in [5.74, 6) is 0.915. The third-order valence-electron chi connectivity index (χ3n) is 5.20. The highest BCUT2D eigenvalue weighted by atomic mass is 19.1. The number of nitrogens with zero attached hydrogens (tertiary/aromatic N) is 4. The number of fused-ring (bicyclic) bond motifs is 1. The Kier molecular flexibility index (Phi) is 4.97. The number of rotatable bonds is 4. The molecule has 2 aliphatic heterocycles. The number of ether oxygens (including phenoxy) is 1. The average Bonchev–Trinajstić information content (AvgIpc) is 2.67. The third kappa shape index (κ3) is 3.93. The standard InChI is InChI=1S/C19H22F2N4O/c20-15-2-5-17(6-3-15)26-13-14-1-4-16-12-25(10-9-24(16)11-14)19-22-8-7-18(21)23-19/h2-3,5-8,14,16H,1,4,9-13H2/t14-,16-/m0/s1. The van der Waals surface area contributed by atoms with E-state index in [2.05, 4.69) is 19.8 Å². The van der Waals surface area contributed by atoms with Gasteiger partial charge >= 0.3 is 0 Å². The summed E-state index contributed by atoms with van der Waals surface area (Å²) in [7, 11) is 0. The maximum atomic E-state index is 13.3. The predicted molar refractivity (Wildman–Crippen MR) is 94.2 cm³/mol. The van der Waals surface area contributed by atoms with Crippen LogP contribution in [-0.4, -0.2) is 53.7 Å². The molecule has 0 N–H and O–H groups in total. The molecular formula is C19H22F2N4O. The van der Waals surface area contributed by atoms with Crippen molar-refractivity contribution in [1.82, 2.24) is 14.9 Å². The van der Waals surface area contributed by atoms with E-state index in [0.29, 0.717) is 30.3 Å². The van der Waals surface area contributed by atoms with Crippen LogP contribution in [0.25, 0.3) is 0 Å². The third-order valence-corrected chi connectivity index (χ3v) is 5.20. The molecule has 138 valence electrons. The maximum absolute atomic E-state index is 13.3. The quantitative estimate of drug-likeness (QED) is 0.785. The van der Waals surface area contributed by atoms with Crippen molar-refractivity contribution in [2.24, 2.45) is 5.92 Å². The summed E-state index contributed by atoms with van der Waals surface area (Å²) < 4.78 is 32.1. The van der Waals surface area contributed by atoms with Crippen LogP contribution in [0, 0.1) is 17.7 Å². The number of hydrogen-bond donors (Lipinski definition) is 0. The van der Waals surface area contributed by atoms with Gasteiger partial charge in [-0.15, -0.1) is 0 Å². The van der Waals surface area contributed by atoms with Crippen molar-refractivity contribution in [3.05, 3.63) is 48.3 Å². The number of aromatic nitrogens is 2. The monoisotopic (exact) mass is 360 g/mol. The summed E-state index contributed by atoms with van der Waals surface area (Å²) in [6.45, 7) is 4.17. The summed E-state index contributed by atoms with van der Waals surface area (Å²) in [4.78, 5) is 12.6. The SMILES string of the molecule is Fc1ccc(OC[C@H]2CC[C@H]3CN(c4nccc(F)n4)CCN3C2)cc1. The van der Waals surface area contributed by atoms with Crippen LogP contribution < -0.4 is 9.64 Å². The molecule has 5 nitrogen and oxygen atoms in total. The van der Waals surface area contributed by atoms with Gasteiger partial charge in [-0.05, 0) is 37.1 Å². The van der Waals surface area contributed by atoms with Gasteiger partial charge in [0.15, 0.2) is 0 Å². The van der Waals surface area contributed by atoms with Crippen LogP contribution in [0.1, 0.15) is 12.8 Å². The minimum absolute atomic E-state index is 0.252. The molecule has 2 saturated heterocycles. The second kappa shape index (κ2) is 7.53. The molecule has 0 spiro atoms. The first-order valence-corrected chi connectivity index (χ1v) is 9.03. The first kappa shape index (κ1) is 17.1. The van der Waals surface area contributed by atoms with E-state index in [4.69, 9.17) is 4.74 Å². The number of hydrogen-bond acceptors (Lipinski definition) is 5. The van der Waals surface area contributed by atoms with Gasteiger partial charge in [-0.2, -0.15) is 9.37 Å². The van der Waals surface area contributed by atoms with E-state index in [1.54, 1.807) is 12.1 Å².